The van der Waals surface area contributed by atoms with E-state index < -0.39 is 41.3 Å². The van der Waals surface area contributed by atoms with Crippen LogP contribution in [-0.4, -0.2) is 52.7 Å². The zero-order valence-corrected chi connectivity index (χ0v) is 22.0. The van der Waals surface area contributed by atoms with Crippen LogP contribution in [0.25, 0.3) is 0 Å². The average molecular weight is 524 g/mol. The first-order valence-corrected chi connectivity index (χ1v) is 13.1. The Hall–Kier alpha value is -4.46. The Morgan fingerprint density at radius 3 is 2.13 bits per heavy atom. The first kappa shape index (κ1) is 24.9. The first-order chi connectivity index (χ1) is 18.8. The van der Waals surface area contributed by atoms with Gasteiger partial charge in [-0.2, -0.15) is 0 Å². The Morgan fingerprint density at radius 1 is 0.846 bits per heavy atom. The van der Waals surface area contributed by atoms with E-state index in [-0.39, 0.29) is 18.9 Å². The lowest BCUT2D eigenvalue weighted by molar-refractivity contribution is -0.144. The number of carbonyl (C=O) groups is 4. The van der Waals surface area contributed by atoms with Gasteiger partial charge >= 0.3 is 6.03 Å². The first-order valence-electron chi connectivity index (χ1n) is 13.1. The maximum Gasteiger partial charge on any atom is 0.332 e. The van der Waals surface area contributed by atoms with E-state index in [4.69, 9.17) is 4.74 Å². The molecule has 0 aliphatic carbocycles. The highest BCUT2D eigenvalue weighted by Gasteiger charge is 2.77. The summed E-state index contributed by atoms with van der Waals surface area (Å²) in [6.45, 7) is 3.92. The summed E-state index contributed by atoms with van der Waals surface area (Å²) in [6, 6.07) is 22.4. The molecule has 0 saturated carbocycles. The maximum atomic E-state index is 14.6. The lowest BCUT2D eigenvalue weighted by Gasteiger charge is -2.35. The average Bonchev–Trinajstić information content (AvgIpc) is 3.47. The molecule has 0 aromatic heterocycles. The third-order valence-electron chi connectivity index (χ3n) is 8.36. The van der Waals surface area contributed by atoms with Crippen molar-refractivity contribution in [2.24, 2.45) is 11.8 Å². The molecule has 3 aliphatic rings. The summed E-state index contributed by atoms with van der Waals surface area (Å²) in [6.07, 6.45) is 0.116. The maximum absolute atomic E-state index is 14.6. The number of likely N-dealkylation sites (tertiary alicyclic amines) is 1. The molecule has 4 atom stereocenters. The Labute approximate surface area is 226 Å². The molecule has 5 amide bonds. The summed E-state index contributed by atoms with van der Waals surface area (Å²) >= 11 is 0. The topological polar surface area (TPSA) is 87.2 Å². The van der Waals surface area contributed by atoms with Gasteiger partial charge in [-0.3, -0.25) is 19.3 Å². The molecular formula is C31H29N3O5. The minimum atomic E-state index is -1.56. The van der Waals surface area contributed by atoms with Crippen molar-refractivity contribution in [2.45, 2.75) is 31.8 Å². The monoisotopic (exact) mass is 523 g/mol. The van der Waals surface area contributed by atoms with Crippen LogP contribution in [0.3, 0.4) is 0 Å². The zero-order chi connectivity index (χ0) is 27.5. The third kappa shape index (κ3) is 3.44. The van der Waals surface area contributed by atoms with Crippen molar-refractivity contribution < 1.29 is 23.9 Å². The van der Waals surface area contributed by atoms with E-state index in [2.05, 4.69) is 0 Å². The Bertz CT molecular complexity index is 1470. The van der Waals surface area contributed by atoms with E-state index in [1.165, 1.54) is 9.80 Å². The van der Waals surface area contributed by atoms with Crippen LogP contribution >= 0.6 is 0 Å². The number of hydrogen-bond donors (Lipinski definition) is 0. The molecule has 6 rings (SSSR count). The van der Waals surface area contributed by atoms with Gasteiger partial charge in [0.05, 0.1) is 30.7 Å². The smallest absolute Gasteiger partial charge is 0.332 e. The van der Waals surface area contributed by atoms with Crippen LogP contribution in [0.1, 0.15) is 29.7 Å². The highest BCUT2D eigenvalue weighted by atomic mass is 16.5. The number of aryl methyl sites for hydroxylation is 1. The van der Waals surface area contributed by atoms with Gasteiger partial charge < -0.3 is 9.64 Å². The number of urea groups is 1. The molecule has 3 aromatic rings. The molecule has 8 nitrogen and oxygen atoms in total. The number of fused-ring (bicyclic) bond motifs is 3. The predicted octanol–water partition coefficient (Wildman–Crippen LogP) is 4.13. The van der Waals surface area contributed by atoms with Crippen LogP contribution in [0.2, 0.25) is 0 Å². The highest BCUT2D eigenvalue weighted by molar-refractivity contribution is 6.27. The fraction of sp³-hybridized carbons (Fsp3) is 0.290. The second-order valence-electron chi connectivity index (χ2n) is 10.4. The molecule has 3 fully saturated rings. The van der Waals surface area contributed by atoms with Gasteiger partial charge in [0.2, 0.25) is 11.8 Å². The summed E-state index contributed by atoms with van der Waals surface area (Å²) in [5.41, 5.74) is 1.38. The fourth-order valence-corrected chi connectivity index (χ4v) is 6.61. The molecule has 39 heavy (non-hydrogen) atoms. The van der Waals surface area contributed by atoms with E-state index in [9.17, 15) is 19.2 Å². The molecule has 3 aliphatic heterocycles. The molecule has 3 heterocycles. The third-order valence-corrected chi connectivity index (χ3v) is 8.36. The summed E-state index contributed by atoms with van der Waals surface area (Å²) < 4.78 is 5.26. The lowest BCUT2D eigenvalue weighted by atomic mass is 9.75. The fourth-order valence-electron chi connectivity index (χ4n) is 6.61. The number of hydrogen-bond acceptors (Lipinski definition) is 5. The van der Waals surface area contributed by atoms with Crippen LogP contribution in [0.4, 0.5) is 10.5 Å². The van der Waals surface area contributed by atoms with Gasteiger partial charge in [0.1, 0.15) is 11.3 Å². The standard InChI is InChI=1S/C31H29N3O5/c1-4-32-27(35)24-25(28(32)36)31(18-20-8-6-5-7-9-20)29(37)33(22-14-16-23(39-3)17-15-22)30(38)34(31)26(24)21-12-10-19(2)11-13-21/h5-17,24-26H,4,18H2,1-3H3/t24-,25-,26-,31-/m1/s1. The van der Waals surface area contributed by atoms with Crippen molar-refractivity contribution in [3.63, 3.8) is 0 Å². The Kier molecular flexibility index (Phi) is 5.79. The van der Waals surface area contributed by atoms with Crippen molar-refractivity contribution >= 4 is 29.4 Å². The Morgan fingerprint density at radius 2 is 1.51 bits per heavy atom. The molecule has 3 aromatic carbocycles. The number of rotatable bonds is 6. The van der Waals surface area contributed by atoms with E-state index in [1.54, 1.807) is 38.3 Å². The number of anilines is 1. The van der Waals surface area contributed by atoms with Crippen LogP contribution in [-0.2, 0) is 20.8 Å². The van der Waals surface area contributed by atoms with Gasteiger partial charge in [-0.05, 0) is 49.2 Å². The van der Waals surface area contributed by atoms with Crippen LogP contribution in [0.15, 0.2) is 78.9 Å². The number of carbonyl (C=O) groups excluding carboxylic acids is 4. The number of benzene rings is 3. The summed E-state index contributed by atoms with van der Waals surface area (Å²) in [5.74, 6) is -2.50. The number of imide groups is 2. The molecular weight excluding hydrogens is 494 g/mol. The van der Waals surface area contributed by atoms with Crippen molar-refractivity contribution in [1.29, 1.82) is 0 Å². The summed E-state index contributed by atoms with van der Waals surface area (Å²) in [5, 5.41) is 0. The van der Waals surface area contributed by atoms with Crippen LogP contribution < -0.4 is 9.64 Å². The van der Waals surface area contributed by atoms with Gasteiger partial charge in [0, 0.05) is 13.0 Å². The number of amides is 5. The normalized spacial score (nSPS) is 25.9. The Balaban J connectivity index is 1.59. The minimum absolute atomic E-state index is 0.116. The van der Waals surface area contributed by atoms with Crippen molar-refractivity contribution in [2.75, 3.05) is 18.6 Å². The molecule has 0 bridgehead atoms. The van der Waals surface area contributed by atoms with Crippen molar-refractivity contribution in [1.82, 2.24) is 9.80 Å². The van der Waals surface area contributed by atoms with Crippen LogP contribution in [0.5, 0.6) is 5.75 Å². The molecule has 8 heteroatoms. The van der Waals surface area contributed by atoms with Gasteiger partial charge in [0.25, 0.3) is 5.91 Å². The molecule has 0 unspecified atom stereocenters. The SMILES string of the molecule is CCN1C(=O)[C@H]2[C@@H](c3ccc(C)cc3)N3C(=O)N(c4ccc(OC)cc4)C(=O)[C@@]3(Cc3ccccc3)[C@H]2C1=O. The number of methoxy groups -OCH3 is 1. The molecule has 198 valence electrons. The summed E-state index contributed by atoms with van der Waals surface area (Å²) in [7, 11) is 1.54. The van der Waals surface area contributed by atoms with Gasteiger partial charge in [-0.15, -0.1) is 0 Å². The highest BCUT2D eigenvalue weighted by Crippen LogP contribution is 2.59. The van der Waals surface area contributed by atoms with Crippen molar-refractivity contribution in [3.05, 3.63) is 95.6 Å². The van der Waals surface area contributed by atoms with Gasteiger partial charge in [-0.1, -0.05) is 60.2 Å². The summed E-state index contributed by atoms with van der Waals surface area (Å²) in [4.78, 5) is 60.7. The van der Waals surface area contributed by atoms with E-state index >= 15 is 0 Å². The molecule has 0 radical (unpaired) electrons. The van der Waals surface area contributed by atoms with Crippen molar-refractivity contribution in [3.8, 4) is 5.75 Å². The molecule has 0 N–H and O–H groups in total. The number of ether oxygens (including phenoxy) is 1. The zero-order valence-electron chi connectivity index (χ0n) is 22.0. The van der Waals surface area contributed by atoms with Gasteiger partial charge in [-0.25, -0.2) is 9.69 Å². The van der Waals surface area contributed by atoms with E-state index in [0.717, 1.165) is 21.6 Å². The second-order valence-corrected chi connectivity index (χ2v) is 10.4. The predicted molar refractivity (Wildman–Crippen MR) is 144 cm³/mol. The minimum Gasteiger partial charge on any atom is -0.497 e. The largest absolute Gasteiger partial charge is 0.497 e. The molecule has 3 saturated heterocycles. The van der Waals surface area contributed by atoms with E-state index in [0.29, 0.717) is 11.4 Å². The lowest BCUT2D eigenvalue weighted by Crippen LogP contribution is -2.55. The van der Waals surface area contributed by atoms with Crippen LogP contribution in [0, 0.1) is 18.8 Å². The van der Waals surface area contributed by atoms with Gasteiger partial charge in [0.15, 0.2) is 0 Å². The van der Waals surface area contributed by atoms with E-state index in [1.807, 2.05) is 61.5 Å². The quantitative estimate of drug-likeness (QED) is 0.358. The second kappa shape index (κ2) is 9.08. The number of nitrogens with zero attached hydrogens (tertiary/aromatic N) is 3. The molecule has 0 spiro atoms.